The van der Waals surface area contributed by atoms with Crippen LogP contribution in [-0.2, 0) is 13.2 Å². The molecule has 0 amide bonds. The fraction of sp³-hybridized carbons (Fsp3) is 0.167. The number of halogens is 3. The van der Waals surface area contributed by atoms with Gasteiger partial charge in [0, 0.05) is 12.6 Å². The smallest absolute Gasteiger partial charge is 0.291 e. The van der Waals surface area contributed by atoms with E-state index >= 15 is 0 Å². The van der Waals surface area contributed by atoms with Crippen molar-refractivity contribution in [2.45, 2.75) is 6.18 Å². The number of aryl methyl sites for hydroxylation is 1. The molecule has 100 valence electrons. The van der Waals surface area contributed by atoms with Gasteiger partial charge in [0.2, 0.25) is 5.78 Å². The maximum Gasteiger partial charge on any atom is 0.433 e. The minimum absolute atomic E-state index is 0.0321. The van der Waals surface area contributed by atoms with Crippen LogP contribution in [0.2, 0.25) is 0 Å². The molecule has 1 aromatic carbocycles. The molecule has 0 fully saturated rings. The Hall–Kier alpha value is -2.31. The van der Waals surface area contributed by atoms with Gasteiger partial charge in [-0.2, -0.15) is 13.2 Å². The monoisotopic (exact) mass is 270 g/mol. The summed E-state index contributed by atoms with van der Waals surface area (Å²) >= 11 is 0. The Morgan fingerprint density at radius 1 is 1.21 bits per heavy atom. The topological polar surface area (TPSA) is 54.9 Å². The van der Waals surface area contributed by atoms with Crippen molar-refractivity contribution < 1.29 is 18.0 Å². The van der Waals surface area contributed by atoms with E-state index in [-0.39, 0.29) is 5.56 Å². The van der Waals surface area contributed by atoms with Gasteiger partial charge in [-0.25, -0.2) is 0 Å². The Morgan fingerprint density at radius 2 is 1.79 bits per heavy atom. The molecule has 0 aliphatic rings. The van der Waals surface area contributed by atoms with Gasteiger partial charge in [-0.05, 0) is 0 Å². The SMILES string of the molecule is Cn1[nH]c(C(F)(F)F)c(C(=O)c2ccccc2)c1=O. The summed E-state index contributed by atoms with van der Waals surface area (Å²) in [5, 5.41) is 1.86. The van der Waals surface area contributed by atoms with Crippen molar-refractivity contribution in [3.63, 3.8) is 0 Å². The summed E-state index contributed by atoms with van der Waals surface area (Å²) < 4.78 is 39.0. The molecule has 0 aliphatic carbocycles. The van der Waals surface area contributed by atoms with Crippen molar-refractivity contribution in [1.29, 1.82) is 0 Å². The van der Waals surface area contributed by atoms with E-state index in [4.69, 9.17) is 0 Å². The second-order valence-corrected chi connectivity index (χ2v) is 3.92. The first kappa shape index (κ1) is 13.1. The molecule has 0 saturated heterocycles. The van der Waals surface area contributed by atoms with E-state index in [1.54, 1.807) is 6.07 Å². The first-order valence-electron chi connectivity index (χ1n) is 5.28. The first-order chi connectivity index (χ1) is 8.82. The standard InChI is InChI=1S/C12H9F3N2O2/c1-17-11(19)8(10(16-17)12(13,14)15)9(18)7-5-3-2-4-6-7/h2-6,16H,1H3. The fourth-order valence-electron chi connectivity index (χ4n) is 1.70. The fourth-order valence-corrected chi connectivity index (χ4v) is 1.70. The summed E-state index contributed by atoms with van der Waals surface area (Å²) in [5.41, 5.74) is -3.18. The van der Waals surface area contributed by atoms with Crippen molar-refractivity contribution in [3.05, 3.63) is 57.5 Å². The molecule has 19 heavy (non-hydrogen) atoms. The summed E-state index contributed by atoms with van der Waals surface area (Å²) in [6.07, 6.45) is -4.79. The van der Waals surface area contributed by atoms with Crippen LogP contribution < -0.4 is 5.56 Å². The zero-order valence-electron chi connectivity index (χ0n) is 9.78. The Kier molecular flexibility index (Phi) is 3.05. The largest absolute Gasteiger partial charge is 0.433 e. The number of nitrogens with zero attached hydrogens (tertiary/aromatic N) is 1. The van der Waals surface area contributed by atoms with Crippen LogP contribution >= 0.6 is 0 Å². The van der Waals surface area contributed by atoms with E-state index < -0.39 is 28.8 Å². The number of hydrogen-bond donors (Lipinski definition) is 1. The number of rotatable bonds is 2. The third-order valence-corrected chi connectivity index (χ3v) is 2.59. The lowest BCUT2D eigenvalue weighted by molar-refractivity contribution is -0.141. The highest BCUT2D eigenvalue weighted by Crippen LogP contribution is 2.30. The molecule has 0 unspecified atom stereocenters. The lowest BCUT2D eigenvalue weighted by Gasteiger charge is -2.05. The molecule has 0 aliphatic heterocycles. The van der Waals surface area contributed by atoms with E-state index in [9.17, 15) is 22.8 Å². The lowest BCUT2D eigenvalue weighted by atomic mass is 10.0. The number of nitrogens with one attached hydrogen (secondary N) is 1. The summed E-state index contributed by atoms with van der Waals surface area (Å²) in [7, 11) is 1.12. The highest BCUT2D eigenvalue weighted by atomic mass is 19.4. The van der Waals surface area contributed by atoms with Gasteiger partial charge in [0.1, 0.15) is 5.56 Å². The Balaban J connectivity index is 2.63. The van der Waals surface area contributed by atoms with Crippen molar-refractivity contribution in [2.24, 2.45) is 7.05 Å². The normalized spacial score (nSPS) is 11.6. The van der Waals surface area contributed by atoms with Crippen LogP contribution in [0, 0.1) is 0 Å². The summed E-state index contributed by atoms with van der Waals surface area (Å²) in [4.78, 5) is 23.7. The highest BCUT2D eigenvalue weighted by molar-refractivity contribution is 6.09. The van der Waals surface area contributed by atoms with Crippen LogP contribution in [0.3, 0.4) is 0 Å². The molecule has 2 aromatic rings. The van der Waals surface area contributed by atoms with E-state index in [1.807, 2.05) is 5.10 Å². The van der Waals surface area contributed by atoms with Crippen molar-refractivity contribution >= 4 is 5.78 Å². The molecule has 1 N–H and O–H groups in total. The number of carbonyl (C=O) groups is 1. The van der Waals surface area contributed by atoms with Gasteiger partial charge in [0.05, 0.1) is 0 Å². The maximum atomic E-state index is 12.8. The predicted octanol–water partition coefficient (Wildman–Crippen LogP) is 1.96. The van der Waals surface area contributed by atoms with Gasteiger partial charge >= 0.3 is 6.18 Å². The predicted molar refractivity (Wildman–Crippen MR) is 60.9 cm³/mol. The molecule has 0 bridgehead atoms. The summed E-state index contributed by atoms with van der Waals surface area (Å²) in [6, 6.07) is 7.36. The van der Waals surface area contributed by atoms with E-state index in [0.717, 1.165) is 7.05 Å². The highest BCUT2D eigenvalue weighted by Gasteiger charge is 2.39. The molecule has 0 radical (unpaired) electrons. The molecule has 0 spiro atoms. The number of aromatic amines is 1. The van der Waals surface area contributed by atoms with Crippen LogP contribution in [0.25, 0.3) is 0 Å². The number of aromatic nitrogens is 2. The minimum atomic E-state index is -4.79. The molecule has 2 rings (SSSR count). The average molecular weight is 270 g/mol. The van der Waals surface area contributed by atoms with Crippen molar-refractivity contribution in [2.75, 3.05) is 0 Å². The summed E-state index contributed by atoms with van der Waals surface area (Å²) in [6.45, 7) is 0. The zero-order chi connectivity index (χ0) is 14.2. The second-order valence-electron chi connectivity index (χ2n) is 3.92. The van der Waals surface area contributed by atoms with Gasteiger partial charge in [0.25, 0.3) is 5.56 Å². The molecule has 0 atom stereocenters. The van der Waals surface area contributed by atoms with Crippen LogP contribution in [-0.4, -0.2) is 15.6 Å². The Morgan fingerprint density at radius 3 is 2.32 bits per heavy atom. The number of carbonyl (C=O) groups excluding carboxylic acids is 1. The van der Waals surface area contributed by atoms with Crippen LogP contribution in [0.15, 0.2) is 35.1 Å². The Labute approximate surface area is 105 Å². The van der Waals surface area contributed by atoms with Gasteiger partial charge in [-0.1, -0.05) is 30.3 Å². The van der Waals surface area contributed by atoms with E-state index in [1.165, 1.54) is 24.3 Å². The molecule has 1 heterocycles. The number of H-pyrrole nitrogens is 1. The van der Waals surface area contributed by atoms with Crippen LogP contribution in [0.5, 0.6) is 0 Å². The number of ketones is 1. The van der Waals surface area contributed by atoms with Gasteiger partial charge < -0.3 is 0 Å². The molecule has 7 heteroatoms. The van der Waals surface area contributed by atoms with Crippen molar-refractivity contribution in [1.82, 2.24) is 9.78 Å². The molecule has 4 nitrogen and oxygen atoms in total. The Bertz CT molecular complexity index is 669. The van der Waals surface area contributed by atoms with E-state index in [2.05, 4.69) is 0 Å². The van der Waals surface area contributed by atoms with Crippen LogP contribution in [0.4, 0.5) is 13.2 Å². The van der Waals surface area contributed by atoms with Gasteiger partial charge in [-0.3, -0.25) is 19.4 Å². The van der Waals surface area contributed by atoms with Gasteiger partial charge in [0.15, 0.2) is 5.69 Å². The third-order valence-electron chi connectivity index (χ3n) is 2.59. The molecule has 0 saturated carbocycles. The zero-order valence-corrected chi connectivity index (χ0v) is 9.78. The molecular formula is C12H9F3N2O2. The molecule has 1 aromatic heterocycles. The third kappa shape index (κ3) is 2.31. The van der Waals surface area contributed by atoms with Crippen LogP contribution in [0.1, 0.15) is 21.6 Å². The van der Waals surface area contributed by atoms with E-state index in [0.29, 0.717) is 4.68 Å². The quantitative estimate of drug-likeness (QED) is 0.848. The minimum Gasteiger partial charge on any atom is -0.291 e. The lowest BCUT2D eigenvalue weighted by Crippen LogP contribution is -2.21. The summed E-state index contributed by atoms with van der Waals surface area (Å²) in [5.74, 6) is -0.949. The number of hydrogen-bond acceptors (Lipinski definition) is 2. The first-order valence-corrected chi connectivity index (χ1v) is 5.28. The van der Waals surface area contributed by atoms with Gasteiger partial charge in [-0.15, -0.1) is 0 Å². The maximum absolute atomic E-state index is 12.8. The second kappa shape index (κ2) is 4.42. The number of benzene rings is 1. The molecular weight excluding hydrogens is 261 g/mol. The van der Waals surface area contributed by atoms with Crippen molar-refractivity contribution in [3.8, 4) is 0 Å². The average Bonchev–Trinajstić information content (AvgIpc) is 2.66. The number of alkyl halides is 3.